The van der Waals surface area contributed by atoms with Gasteiger partial charge in [0, 0.05) is 12.6 Å². The van der Waals surface area contributed by atoms with Crippen molar-refractivity contribution >= 4 is 10.0 Å². The van der Waals surface area contributed by atoms with Gasteiger partial charge in [-0.1, -0.05) is 0 Å². The molecule has 0 spiro atoms. The second-order valence-corrected chi connectivity index (χ2v) is 6.36. The molecule has 0 amide bonds. The zero-order chi connectivity index (χ0) is 14.6. The molecule has 1 saturated heterocycles. The summed E-state index contributed by atoms with van der Waals surface area (Å²) in [5, 5.41) is 12.0. The molecule has 0 saturated carbocycles. The fourth-order valence-corrected chi connectivity index (χ4v) is 3.41. The van der Waals surface area contributed by atoms with Gasteiger partial charge in [-0.15, -0.1) is 0 Å². The number of rotatable bonds is 5. The van der Waals surface area contributed by atoms with Crippen molar-refractivity contribution in [2.24, 2.45) is 0 Å². The van der Waals surface area contributed by atoms with Gasteiger partial charge in [-0.05, 0) is 37.6 Å². The molecule has 1 unspecified atom stereocenters. The number of ether oxygens (including phenoxy) is 1. The molecule has 6 nitrogen and oxygen atoms in total. The van der Waals surface area contributed by atoms with Crippen molar-refractivity contribution in [2.75, 3.05) is 20.2 Å². The van der Waals surface area contributed by atoms with Crippen LogP contribution in [0.4, 0.5) is 0 Å². The Kier molecular flexibility index (Phi) is 4.60. The van der Waals surface area contributed by atoms with E-state index in [0.717, 1.165) is 19.4 Å². The number of hydrogen-bond donors (Lipinski definition) is 2. The van der Waals surface area contributed by atoms with E-state index in [1.807, 2.05) is 6.07 Å². The van der Waals surface area contributed by atoms with E-state index in [0.29, 0.717) is 12.1 Å². The molecule has 1 fully saturated rings. The predicted molar refractivity (Wildman–Crippen MR) is 73.9 cm³/mol. The first-order valence-corrected chi connectivity index (χ1v) is 7.86. The van der Waals surface area contributed by atoms with Crippen LogP contribution in [0, 0.1) is 11.3 Å². The minimum absolute atomic E-state index is 0.0528. The van der Waals surface area contributed by atoms with Gasteiger partial charge in [0.25, 0.3) is 0 Å². The van der Waals surface area contributed by atoms with E-state index in [1.165, 1.54) is 25.3 Å². The van der Waals surface area contributed by atoms with Gasteiger partial charge >= 0.3 is 0 Å². The van der Waals surface area contributed by atoms with Gasteiger partial charge in [-0.3, -0.25) is 0 Å². The average molecular weight is 295 g/mol. The second-order valence-electron chi connectivity index (χ2n) is 4.62. The molecule has 0 aromatic heterocycles. The lowest BCUT2D eigenvalue weighted by Crippen LogP contribution is -2.37. The highest BCUT2D eigenvalue weighted by atomic mass is 32.2. The van der Waals surface area contributed by atoms with Crippen LogP contribution in [-0.4, -0.2) is 34.7 Å². The van der Waals surface area contributed by atoms with Gasteiger partial charge in [-0.25, -0.2) is 13.1 Å². The third kappa shape index (κ3) is 3.28. The summed E-state index contributed by atoms with van der Waals surface area (Å²) in [6, 6.07) is 6.40. The summed E-state index contributed by atoms with van der Waals surface area (Å²) in [7, 11) is -2.26. The first-order valence-electron chi connectivity index (χ1n) is 6.38. The zero-order valence-corrected chi connectivity index (χ0v) is 12.0. The first kappa shape index (κ1) is 14.8. The number of sulfonamides is 1. The minimum atomic E-state index is -3.64. The molecule has 2 N–H and O–H groups in total. The van der Waals surface area contributed by atoms with Crippen molar-refractivity contribution in [3.05, 3.63) is 23.8 Å². The van der Waals surface area contributed by atoms with E-state index in [9.17, 15) is 8.42 Å². The Bertz CT molecular complexity index is 616. The van der Waals surface area contributed by atoms with E-state index in [4.69, 9.17) is 10.00 Å². The Labute approximate surface area is 118 Å². The van der Waals surface area contributed by atoms with Crippen molar-refractivity contribution in [2.45, 2.75) is 23.8 Å². The van der Waals surface area contributed by atoms with E-state index in [1.54, 1.807) is 0 Å². The van der Waals surface area contributed by atoms with Gasteiger partial charge in [-0.2, -0.15) is 5.26 Å². The Balaban J connectivity index is 2.18. The molecule has 1 aromatic carbocycles. The molecule has 20 heavy (non-hydrogen) atoms. The SMILES string of the molecule is COc1cc(C#N)ccc1S(=O)(=O)NCC1CCCN1. The molecule has 0 bridgehead atoms. The summed E-state index contributed by atoms with van der Waals surface area (Å²) in [5.41, 5.74) is 0.359. The van der Waals surface area contributed by atoms with E-state index in [2.05, 4.69) is 10.0 Å². The highest BCUT2D eigenvalue weighted by Gasteiger charge is 2.22. The van der Waals surface area contributed by atoms with Crippen LogP contribution in [0.1, 0.15) is 18.4 Å². The summed E-state index contributed by atoms with van der Waals surface area (Å²) in [6.45, 7) is 1.28. The molecule has 1 aliphatic rings. The second kappa shape index (κ2) is 6.22. The summed E-state index contributed by atoms with van der Waals surface area (Å²) >= 11 is 0. The topological polar surface area (TPSA) is 91.2 Å². The normalized spacial score (nSPS) is 18.7. The fraction of sp³-hybridized carbons (Fsp3) is 0.462. The quantitative estimate of drug-likeness (QED) is 0.830. The maximum Gasteiger partial charge on any atom is 0.244 e. The minimum Gasteiger partial charge on any atom is -0.495 e. The molecule has 0 aliphatic carbocycles. The van der Waals surface area contributed by atoms with Crippen LogP contribution in [0.3, 0.4) is 0 Å². The predicted octanol–water partition coefficient (Wildman–Crippen LogP) is 0.597. The highest BCUT2D eigenvalue weighted by molar-refractivity contribution is 7.89. The van der Waals surface area contributed by atoms with Crippen LogP contribution in [0.5, 0.6) is 5.75 Å². The molecule has 108 valence electrons. The molecular formula is C13H17N3O3S. The molecule has 1 aliphatic heterocycles. The lowest BCUT2D eigenvalue weighted by molar-refractivity contribution is 0.402. The summed E-state index contributed by atoms with van der Waals surface area (Å²) < 4.78 is 32.2. The molecule has 2 rings (SSSR count). The largest absolute Gasteiger partial charge is 0.495 e. The van der Waals surface area contributed by atoms with Crippen LogP contribution in [-0.2, 0) is 10.0 Å². The molecule has 1 heterocycles. The van der Waals surface area contributed by atoms with Crippen LogP contribution in [0.15, 0.2) is 23.1 Å². The maximum atomic E-state index is 12.3. The molecular weight excluding hydrogens is 278 g/mol. The maximum absolute atomic E-state index is 12.3. The monoisotopic (exact) mass is 295 g/mol. The van der Waals surface area contributed by atoms with E-state index >= 15 is 0 Å². The number of benzene rings is 1. The van der Waals surface area contributed by atoms with Crippen LogP contribution in [0.25, 0.3) is 0 Å². The Morgan fingerprint density at radius 1 is 1.55 bits per heavy atom. The van der Waals surface area contributed by atoms with Gasteiger partial charge in [0.2, 0.25) is 10.0 Å². The summed E-state index contributed by atoms with van der Waals surface area (Å²) in [4.78, 5) is 0.0528. The Hall–Kier alpha value is -1.62. The van der Waals surface area contributed by atoms with Crippen molar-refractivity contribution in [3.63, 3.8) is 0 Å². The van der Waals surface area contributed by atoms with E-state index < -0.39 is 10.0 Å². The summed E-state index contributed by atoms with van der Waals surface area (Å²) in [6.07, 6.45) is 2.03. The number of hydrogen-bond acceptors (Lipinski definition) is 5. The van der Waals surface area contributed by atoms with Gasteiger partial charge < -0.3 is 10.1 Å². The number of methoxy groups -OCH3 is 1. The van der Waals surface area contributed by atoms with Crippen molar-refractivity contribution in [1.29, 1.82) is 5.26 Å². The van der Waals surface area contributed by atoms with E-state index in [-0.39, 0.29) is 16.7 Å². The Morgan fingerprint density at radius 3 is 2.95 bits per heavy atom. The molecule has 1 aromatic rings. The molecule has 1 atom stereocenters. The van der Waals surface area contributed by atoms with Crippen LogP contribution >= 0.6 is 0 Å². The van der Waals surface area contributed by atoms with Crippen LogP contribution < -0.4 is 14.8 Å². The smallest absolute Gasteiger partial charge is 0.244 e. The first-order chi connectivity index (χ1) is 9.56. The van der Waals surface area contributed by atoms with Gasteiger partial charge in [0.15, 0.2) is 0 Å². The number of nitriles is 1. The molecule has 0 radical (unpaired) electrons. The lowest BCUT2D eigenvalue weighted by Gasteiger charge is -2.14. The van der Waals surface area contributed by atoms with Gasteiger partial charge in [0.05, 0.1) is 18.7 Å². The van der Waals surface area contributed by atoms with Crippen molar-refractivity contribution < 1.29 is 13.2 Å². The third-order valence-electron chi connectivity index (χ3n) is 3.26. The standard InChI is InChI=1S/C13H17N3O3S/c1-19-12-7-10(8-14)4-5-13(12)20(17,18)16-9-11-3-2-6-15-11/h4-5,7,11,15-16H,2-3,6,9H2,1H3. The van der Waals surface area contributed by atoms with Crippen molar-refractivity contribution in [1.82, 2.24) is 10.0 Å². The van der Waals surface area contributed by atoms with Crippen molar-refractivity contribution in [3.8, 4) is 11.8 Å². The number of nitrogens with one attached hydrogen (secondary N) is 2. The highest BCUT2D eigenvalue weighted by Crippen LogP contribution is 2.24. The average Bonchev–Trinajstić information content (AvgIpc) is 2.97. The van der Waals surface area contributed by atoms with Gasteiger partial charge in [0.1, 0.15) is 10.6 Å². The van der Waals surface area contributed by atoms with Crippen LogP contribution in [0.2, 0.25) is 0 Å². The third-order valence-corrected chi connectivity index (χ3v) is 4.73. The lowest BCUT2D eigenvalue weighted by atomic mass is 10.2. The summed E-state index contributed by atoms with van der Waals surface area (Å²) in [5.74, 6) is 0.177. The fourth-order valence-electron chi connectivity index (χ4n) is 2.18. The number of nitrogens with zero attached hydrogens (tertiary/aromatic N) is 1. The molecule has 7 heteroatoms. The Morgan fingerprint density at radius 2 is 2.35 bits per heavy atom. The zero-order valence-electron chi connectivity index (χ0n) is 11.2.